The Hall–Kier alpha value is -3.15. The van der Waals surface area contributed by atoms with Gasteiger partial charge in [-0.1, -0.05) is 12.1 Å². The maximum Gasteiger partial charge on any atom is 0.270 e. The molecule has 0 amide bonds. The van der Waals surface area contributed by atoms with Crippen LogP contribution in [0.4, 0.5) is 5.82 Å². The van der Waals surface area contributed by atoms with Crippen molar-refractivity contribution in [2.45, 2.75) is 29.9 Å². The van der Waals surface area contributed by atoms with Crippen LogP contribution < -0.4 is 11.1 Å². The molecule has 4 aromatic rings. The minimum absolute atomic E-state index is 0.167. The molecule has 3 aromatic heterocycles. The van der Waals surface area contributed by atoms with Gasteiger partial charge in [0.05, 0.1) is 26.9 Å². The molecule has 1 aliphatic heterocycles. The molecule has 0 spiro atoms. The molecule has 1 fully saturated rings. The molecule has 5 rings (SSSR count). The van der Waals surface area contributed by atoms with Crippen molar-refractivity contribution in [1.29, 1.82) is 0 Å². The monoisotopic (exact) mass is 482 g/mol. The van der Waals surface area contributed by atoms with Crippen molar-refractivity contribution < 1.29 is 12.8 Å². The zero-order valence-electron chi connectivity index (χ0n) is 17.9. The lowest BCUT2D eigenvalue weighted by Gasteiger charge is -2.22. The van der Waals surface area contributed by atoms with Gasteiger partial charge in [0.15, 0.2) is 21.3 Å². The third-order valence-electron chi connectivity index (χ3n) is 5.65. The highest BCUT2D eigenvalue weighted by Crippen LogP contribution is 2.32. The minimum atomic E-state index is -3.39. The number of sulfone groups is 1. The Balaban J connectivity index is 1.44. The van der Waals surface area contributed by atoms with E-state index in [2.05, 4.69) is 25.5 Å². The number of nitrogen functional groups attached to an aromatic ring is 1. The number of rotatable bonds is 5. The quantitative estimate of drug-likeness (QED) is 0.439. The topological polar surface area (TPSA) is 137 Å². The van der Waals surface area contributed by atoms with Crippen LogP contribution in [0.15, 0.2) is 51.2 Å². The molecule has 1 aliphatic rings. The van der Waals surface area contributed by atoms with E-state index in [-0.39, 0.29) is 17.4 Å². The number of anilines is 1. The first-order chi connectivity index (χ1) is 15.9. The zero-order chi connectivity index (χ0) is 23.0. The summed E-state index contributed by atoms with van der Waals surface area (Å²) < 4.78 is 31.7. The van der Waals surface area contributed by atoms with E-state index in [4.69, 9.17) is 10.2 Å². The van der Waals surface area contributed by atoms with Crippen LogP contribution in [0.2, 0.25) is 0 Å². The van der Waals surface area contributed by atoms with E-state index in [1.54, 1.807) is 24.3 Å². The Morgan fingerprint density at radius 3 is 2.64 bits per heavy atom. The number of nitrogens with one attached hydrogen (secondary N) is 1. The van der Waals surface area contributed by atoms with E-state index in [9.17, 15) is 8.42 Å². The van der Waals surface area contributed by atoms with Crippen molar-refractivity contribution in [2.75, 3.05) is 18.8 Å². The van der Waals surface area contributed by atoms with Crippen LogP contribution in [0.5, 0.6) is 0 Å². The highest BCUT2D eigenvalue weighted by atomic mass is 32.2. The Morgan fingerprint density at radius 2 is 1.94 bits per heavy atom. The Morgan fingerprint density at radius 1 is 1.15 bits per heavy atom. The third-order valence-corrected chi connectivity index (χ3v) is 8.87. The largest absolute Gasteiger partial charge is 0.414 e. The molecular weight excluding hydrogens is 460 g/mol. The zero-order valence-corrected chi connectivity index (χ0v) is 19.5. The van der Waals surface area contributed by atoms with Crippen molar-refractivity contribution >= 4 is 27.0 Å². The van der Waals surface area contributed by atoms with Crippen LogP contribution in [-0.4, -0.2) is 46.9 Å². The van der Waals surface area contributed by atoms with Crippen LogP contribution in [-0.2, 0) is 9.84 Å². The maximum atomic E-state index is 12.9. The van der Waals surface area contributed by atoms with Crippen molar-refractivity contribution in [3.63, 3.8) is 0 Å². The summed E-state index contributed by atoms with van der Waals surface area (Å²) in [6, 6.07) is 8.65. The lowest BCUT2D eigenvalue weighted by molar-refractivity contribution is 0.497. The van der Waals surface area contributed by atoms with Gasteiger partial charge in [0.1, 0.15) is 0 Å². The van der Waals surface area contributed by atoms with E-state index in [0.29, 0.717) is 35.0 Å². The average Bonchev–Trinajstić information content (AvgIpc) is 3.49. The summed E-state index contributed by atoms with van der Waals surface area (Å²) in [5.41, 5.74) is 8.59. The molecule has 170 valence electrons. The number of hydrogen-bond donors (Lipinski definition) is 2. The van der Waals surface area contributed by atoms with Crippen molar-refractivity contribution in [3.8, 4) is 33.6 Å². The van der Waals surface area contributed by atoms with E-state index in [1.165, 1.54) is 17.5 Å². The Kier molecular flexibility index (Phi) is 5.69. The van der Waals surface area contributed by atoms with Crippen molar-refractivity contribution in [3.05, 3.63) is 47.5 Å². The molecular formula is C22H22N6O3S2. The van der Waals surface area contributed by atoms with E-state index in [0.717, 1.165) is 23.4 Å². The minimum Gasteiger partial charge on any atom is -0.414 e. The van der Waals surface area contributed by atoms with E-state index in [1.807, 2.05) is 18.4 Å². The summed E-state index contributed by atoms with van der Waals surface area (Å²) in [6.45, 7) is 3.31. The van der Waals surface area contributed by atoms with Gasteiger partial charge in [0.25, 0.3) is 11.8 Å². The molecule has 33 heavy (non-hydrogen) atoms. The number of nitrogens with zero attached hydrogens (tertiary/aromatic N) is 4. The molecule has 1 saturated heterocycles. The summed E-state index contributed by atoms with van der Waals surface area (Å²) >= 11 is 1.51. The molecule has 0 aliphatic carbocycles. The number of aryl methyl sites for hydroxylation is 1. The van der Waals surface area contributed by atoms with Gasteiger partial charge in [-0.15, -0.1) is 21.5 Å². The summed E-state index contributed by atoms with van der Waals surface area (Å²) in [5.74, 6) is 0.741. The third kappa shape index (κ3) is 4.14. The molecule has 11 heteroatoms. The second-order valence-corrected chi connectivity index (χ2v) is 11.0. The predicted molar refractivity (Wildman–Crippen MR) is 126 cm³/mol. The first-order valence-corrected chi connectivity index (χ1v) is 12.9. The molecule has 1 aromatic carbocycles. The molecule has 3 N–H and O–H groups in total. The van der Waals surface area contributed by atoms with Crippen LogP contribution in [0.3, 0.4) is 0 Å². The first kappa shape index (κ1) is 21.7. The Labute approximate surface area is 195 Å². The van der Waals surface area contributed by atoms with Gasteiger partial charge < -0.3 is 15.5 Å². The van der Waals surface area contributed by atoms with Crippen molar-refractivity contribution in [2.24, 2.45) is 0 Å². The summed E-state index contributed by atoms with van der Waals surface area (Å²) in [5, 5.41) is 12.9. The van der Waals surface area contributed by atoms with Crippen LogP contribution in [0.1, 0.15) is 18.4 Å². The molecule has 0 radical (unpaired) electrons. The van der Waals surface area contributed by atoms with E-state index >= 15 is 0 Å². The number of nitrogens with two attached hydrogens (primary N) is 1. The number of thiophene rings is 1. The normalized spacial score (nSPS) is 16.7. The highest BCUT2D eigenvalue weighted by Gasteiger charge is 2.29. The van der Waals surface area contributed by atoms with Crippen LogP contribution >= 0.6 is 11.3 Å². The van der Waals surface area contributed by atoms with Gasteiger partial charge >= 0.3 is 0 Å². The standard InChI is InChI=1S/C22H22N6O3S2/c1-13-8-10-32-19(13)22-28-27-21(31-22)18-20(23)25-12-17(26-18)14-4-6-15(7-5-14)33(29,30)16-3-2-9-24-11-16/h4-8,10,12,16,24H,2-3,9,11H2,1H3,(H2,23,25). The van der Waals surface area contributed by atoms with E-state index < -0.39 is 15.1 Å². The smallest absolute Gasteiger partial charge is 0.270 e. The second kappa shape index (κ2) is 8.65. The van der Waals surface area contributed by atoms with Crippen LogP contribution in [0, 0.1) is 6.92 Å². The van der Waals surface area contributed by atoms with Gasteiger partial charge in [-0.2, -0.15) is 0 Å². The van der Waals surface area contributed by atoms with Gasteiger partial charge in [-0.25, -0.2) is 18.4 Å². The fourth-order valence-corrected chi connectivity index (χ4v) is 6.35. The molecule has 0 bridgehead atoms. The molecule has 1 unspecified atom stereocenters. The Bertz CT molecular complexity index is 1390. The first-order valence-electron chi connectivity index (χ1n) is 10.5. The van der Waals surface area contributed by atoms with Gasteiger partial charge in [0, 0.05) is 12.1 Å². The second-order valence-electron chi connectivity index (χ2n) is 7.87. The van der Waals surface area contributed by atoms with Crippen LogP contribution in [0.25, 0.3) is 33.6 Å². The fourth-order valence-electron chi connectivity index (χ4n) is 3.79. The van der Waals surface area contributed by atoms with Gasteiger partial charge in [-0.3, -0.25) is 0 Å². The molecule has 4 heterocycles. The summed E-state index contributed by atoms with van der Waals surface area (Å²) in [4.78, 5) is 9.99. The number of hydrogen-bond acceptors (Lipinski definition) is 10. The number of aromatic nitrogens is 4. The maximum absolute atomic E-state index is 12.9. The lowest BCUT2D eigenvalue weighted by Crippen LogP contribution is -2.38. The average molecular weight is 483 g/mol. The predicted octanol–water partition coefficient (Wildman–Crippen LogP) is 3.34. The molecule has 0 saturated carbocycles. The fraction of sp³-hybridized carbons (Fsp3) is 0.273. The SMILES string of the molecule is Cc1ccsc1-c1nnc(-c2nc(-c3ccc(S(=O)(=O)C4CCCNC4)cc3)cnc2N)o1. The summed E-state index contributed by atoms with van der Waals surface area (Å²) in [7, 11) is -3.39. The molecule has 1 atom stereocenters. The number of benzene rings is 1. The number of piperidine rings is 1. The summed E-state index contributed by atoms with van der Waals surface area (Å²) in [6.07, 6.45) is 3.06. The van der Waals surface area contributed by atoms with Gasteiger partial charge in [0.2, 0.25) is 0 Å². The highest BCUT2D eigenvalue weighted by molar-refractivity contribution is 7.92. The van der Waals surface area contributed by atoms with Crippen molar-refractivity contribution in [1.82, 2.24) is 25.5 Å². The molecule has 9 nitrogen and oxygen atoms in total. The lowest BCUT2D eigenvalue weighted by atomic mass is 10.1. The van der Waals surface area contributed by atoms with Gasteiger partial charge in [-0.05, 0) is 55.5 Å².